The van der Waals surface area contributed by atoms with Gasteiger partial charge < -0.3 is 78.0 Å². The van der Waals surface area contributed by atoms with Crippen LogP contribution in [0.2, 0.25) is 0 Å². The molecule has 5 aliphatic heterocycles. The largest absolute Gasteiger partial charge is 0.480 e. The van der Waals surface area contributed by atoms with Gasteiger partial charge in [-0.2, -0.15) is 0 Å². The third-order valence-electron chi connectivity index (χ3n) is 17.1. The fraction of sp³-hybridized carbons (Fsp3) is 0.610. The second-order valence-electron chi connectivity index (χ2n) is 24.2. The summed E-state index contributed by atoms with van der Waals surface area (Å²) in [5.41, 5.74) is 13.2. The number of H-pyrrole nitrogens is 2. The summed E-state index contributed by atoms with van der Waals surface area (Å²) in [6.45, 7) is 8.03. The third-order valence-corrected chi connectivity index (χ3v) is 17.1. The first-order valence-corrected chi connectivity index (χ1v) is 30.4. The maximum absolute atomic E-state index is 15.1. The maximum atomic E-state index is 15.1. The van der Waals surface area contributed by atoms with Crippen LogP contribution in [0, 0.1) is 11.8 Å². The highest BCUT2D eigenvalue weighted by Crippen LogP contribution is 2.28. The Bertz CT molecular complexity index is 3050. The van der Waals surface area contributed by atoms with E-state index in [1.54, 1.807) is 20.0 Å². The lowest BCUT2D eigenvalue weighted by Crippen LogP contribution is -2.61. The average Bonchev–Trinajstić information content (AvgIpc) is 2.45. The van der Waals surface area contributed by atoms with E-state index in [0.29, 0.717) is 49.8 Å². The Hall–Kier alpha value is -8.59. The predicted molar refractivity (Wildman–Crippen MR) is 316 cm³/mol. The summed E-state index contributed by atoms with van der Waals surface area (Å²) in [6, 6.07) is -3.52. The van der Waals surface area contributed by atoms with Crippen molar-refractivity contribution in [3.63, 3.8) is 0 Å². The Morgan fingerprint density at radius 3 is 1.85 bits per heavy atom. The number of aliphatic imine (C=N–C) groups is 1. The Balaban J connectivity index is 0.983. The number of para-hydroxylation sites is 1. The molecule has 8 rings (SSSR count). The number of amides is 10. The lowest BCUT2D eigenvalue weighted by Gasteiger charge is -2.34. The molecule has 5 saturated heterocycles. The number of imidazole rings is 1. The standard InChI is InChI=1S/C59H84N16O12/c1-32(2)26-40(68-49(77)38-19-20-47(76)66-38)50(78)70-42(27-34-29-64-37-13-6-5-12-36(34)37)55(83)73-23-9-15-43(73)52(80)67-39(14-7-21-63-59(60)61)54(82)72-22-8-16-44(72)53(81)69-41(28-35-30-62-31-65-35)51(79)71-48(33(3)4)57(85)74-24-10-17-45(74)56(84)75-25-11-18-46(75)58(86)87/h5-6,12-13,29-33,38-46,48,64H,7-11,14-28H2,1-4H3,(H,62,65)(H,66,76)(H,67,80)(H,68,77)(H,69,81)(H,70,78)(H,71,79)(H,86,87)(H4,60,61,63). The van der Waals surface area contributed by atoms with E-state index in [2.05, 4.69) is 51.8 Å². The Kier molecular flexibility index (Phi) is 21.6. The molecule has 0 saturated carbocycles. The number of guanidine groups is 1. The number of likely N-dealkylation sites (tertiary alicyclic amines) is 4. The fourth-order valence-electron chi connectivity index (χ4n) is 12.6. The summed E-state index contributed by atoms with van der Waals surface area (Å²) in [7, 11) is 0. The molecule has 3 aromatic rings. The van der Waals surface area contributed by atoms with Crippen molar-refractivity contribution in [2.75, 3.05) is 32.7 Å². The van der Waals surface area contributed by atoms with Gasteiger partial charge in [-0.25, -0.2) is 9.78 Å². The van der Waals surface area contributed by atoms with Gasteiger partial charge in [-0.05, 0) is 101 Å². The predicted octanol–water partition coefficient (Wildman–Crippen LogP) is -0.817. The molecule has 13 N–H and O–H groups in total. The van der Waals surface area contributed by atoms with Gasteiger partial charge in [0.1, 0.15) is 60.4 Å². The molecule has 28 nitrogen and oxygen atoms in total. The zero-order chi connectivity index (χ0) is 62.6. The zero-order valence-electron chi connectivity index (χ0n) is 49.9. The molecule has 0 spiro atoms. The number of carbonyl (C=O) groups is 11. The number of benzene rings is 1. The molecule has 28 heteroatoms. The van der Waals surface area contributed by atoms with Crippen LogP contribution in [0.25, 0.3) is 10.9 Å². The van der Waals surface area contributed by atoms with Crippen molar-refractivity contribution in [1.29, 1.82) is 0 Å². The molecular weight excluding hydrogens is 1120 g/mol. The van der Waals surface area contributed by atoms with Crippen molar-refractivity contribution < 1.29 is 57.8 Å². The Morgan fingerprint density at radius 2 is 1.25 bits per heavy atom. The highest BCUT2D eigenvalue weighted by atomic mass is 16.4. The minimum atomic E-state index is -1.31. The molecule has 87 heavy (non-hydrogen) atoms. The summed E-state index contributed by atoms with van der Waals surface area (Å²) < 4.78 is 0. The van der Waals surface area contributed by atoms with Crippen molar-refractivity contribution in [1.82, 2.24) is 66.5 Å². The number of carbonyl (C=O) groups excluding carboxylic acids is 10. The van der Waals surface area contributed by atoms with Crippen LogP contribution in [-0.4, -0.2) is 204 Å². The number of hydrogen-bond donors (Lipinski definition) is 11. The third kappa shape index (κ3) is 15.9. The van der Waals surface area contributed by atoms with Crippen LogP contribution >= 0.6 is 0 Å². The second kappa shape index (κ2) is 29.2. The van der Waals surface area contributed by atoms with Gasteiger partial charge in [0.2, 0.25) is 59.1 Å². The molecular formula is C59H84N16O12. The molecule has 5 fully saturated rings. The summed E-state index contributed by atoms with van der Waals surface area (Å²) in [6.07, 6.45) is 8.23. The molecule has 10 atom stereocenters. The average molecular weight is 1210 g/mol. The van der Waals surface area contributed by atoms with Crippen LogP contribution in [0.5, 0.6) is 0 Å². The van der Waals surface area contributed by atoms with Crippen LogP contribution in [0.3, 0.4) is 0 Å². The monoisotopic (exact) mass is 1210 g/mol. The van der Waals surface area contributed by atoms with Crippen LogP contribution in [0.4, 0.5) is 0 Å². The molecule has 0 bridgehead atoms. The van der Waals surface area contributed by atoms with E-state index in [-0.39, 0.29) is 108 Å². The van der Waals surface area contributed by atoms with Gasteiger partial charge in [0.25, 0.3) is 0 Å². The van der Waals surface area contributed by atoms with Crippen LogP contribution in [-0.2, 0) is 65.6 Å². The van der Waals surface area contributed by atoms with Gasteiger partial charge in [-0.3, -0.25) is 52.9 Å². The summed E-state index contributed by atoms with van der Waals surface area (Å²) in [4.78, 5) is 174. The SMILES string of the molecule is CC(C)CC(NC(=O)C1CCC(=O)N1)C(=O)NC(Cc1c[nH]c2ccccc12)C(=O)N1CCCC1C(=O)NC(CCCN=C(N)N)C(=O)N1CCCC1C(=O)NC(Cc1cnc[nH]1)C(=O)NC(C(=O)N1CCCC1C(=O)N1CCCC1C(=O)O)C(C)C. The quantitative estimate of drug-likeness (QED) is 0.0266. The highest BCUT2D eigenvalue weighted by Gasteiger charge is 2.46. The summed E-state index contributed by atoms with van der Waals surface area (Å²) >= 11 is 0. The van der Waals surface area contributed by atoms with Crippen LogP contribution in [0.1, 0.15) is 122 Å². The van der Waals surface area contributed by atoms with E-state index < -0.39 is 125 Å². The van der Waals surface area contributed by atoms with Crippen molar-refractivity contribution in [3.05, 3.63) is 54.2 Å². The molecule has 10 amide bonds. The van der Waals surface area contributed by atoms with Gasteiger partial charge in [-0.1, -0.05) is 45.9 Å². The maximum Gasteiger partial charge on any atom is 0.326 e. The van der Waals surface area contributed by atoms with E-state index in [9.17, 15) is 53.1 Å². The number of aromatic amines is 2. The fourth-order valence-corrected chi connectivity index (χ4v) is 12.6. The number of hydrogen-bond acceptors (Lipinski definition) is 13. The minimum Gasteiger partial charge on any atom is -0.480 e. The van der Waals surface area contributed by atoms with Gasteiger partial charge in [0.05, 0.1) is 6.33 Å². The molecule has 7 heterocycles. The number of rotatable bonds is 26. The smallest absolute Gasteiger partial charge is 0.326 e. The Morgan fingerprint density at radius 1 is 0.667 bits per heavy atom. The lowest BCUT2D eigenvalue weighted by atomic mass is 10.00. The van der Waals surface area contributed by atoms with E-state index in [0.717, 1.165) is 10.9 Å². The van der Waals surface area contributed by atoms with Crippen molar-refractivity contribution in [2.45, 2.75) is 184 Å². The van der Waals surface area contributed by atoms with E-state index in [4.69, 9.17) is 11.5 Å². The first-order valence-electron chi connectivity index (χ1n) is 30.4. The van der Waals surface area contributed by atoms with Gasteiger partial charge in [0.15, 0.2) is 5.96 Å². The first-order chi connectivity index (χ1) is 41.6. The normalized spacial score (nSPS) is 21.9. The number of carboxylic acid groups (broad SMARTS) is 1. The molecule has 1 aromatic carbocycles. The van der Waals surface area contributed by atoms with E-state index in [1.807, 2.05) is 38.1 Å². The molecule has 5 aliphatic rings. The minimum absolute atomic E-state index is 0.00362. The molecule has 2 aromatic heterocycles. The number of aliphatic carboxylic acids is 1. The number of carboxylic acids is 1. The van der Waals surface area contributed by atoms with Crippen molar-refractivity contribution in [2.24, 2.45) is 28.3 Å². The zero-order valence-corrected chi connectivity index (χ0v) is 49.9. The van der Waals surface area contributed by atoms with Gasteiger partial charge in [-0.15, -0.1) is 0 Å². The number of aromatic nitrogens is 3. The number of nitrogens with zero attached hydrogens (tertiary/aromatic N) is 6. The van der Waals surface area contributed by atoms with Crippen LogP contribution in [0.15, 0.2) is 48.0 Å². The van der Waals surface area contributed by atoms with Crippen molar-refractivity contribution in [3.8, 4) is 0 Å². The molecule has 472 valence electrons. The lowest BCUT2D eigenvalue weighted by molar-refractivity contribution is -0.152. The van der Waals surface area contributed by atoms with Crippen molar-refractivity contribution >= 4 is 81.9 Å². The Labute approximate surface area is 504 Å². The topological polar surface area (TPSA) is 402 Å². The molecule has 0 aliphatic carbocycles. The highest BCUT2D eigenvalue weighted by molar-refractivity contribution is 6.00. The molecule has 0 radical (unpaired) electrons. The second-order valence-corrected chi connectivity index (χ2v) is 24.2. The van der Waals surface area contributed by atoms with Gasteiger partial charge >= 0.3 is 5.97 Å². The number of nitrogens with one attached hydrogen (secondary N) is 8. The summed E-state index contributed by atoms with van der Waals surface area (Å²) in [5.74, 6) is -7.52. The van der Waals surface area contributed by atoms with E-state index >= 15 is 4.79 Å². The molecule has 10 unspecified atom stereocenters. The summed E-state index contributed by atoms with van der Waals surface area (Å²) in [5, 5.41) is 27.5. The number of nitrogens with two attached hydrogens (primary N) is 2. The first kappa shape index (κ1) is 64.4. The number of fused-ring (bicyclic) bond motifs is 1. The van der Waals surface area contributed by atoms with Crippen LogP contribution < -0.4 is 43.4 Å². The van der Waals surface area contributed by atoms with E-state index in [1.165, 1.54) is 32.1 Å². The van der Waals surface area contributed by atoms with Gasteiger partial charge in [0, 0.05) is 81.0 Å².